The smallest absolute Gasteiger partial charge is 0.301 e. The van der Waals surface area contributed by atoms with E-state index < -0.39 is 10.2 Å². The molecule has 1 saturated heterocycles. The largest absolute Gasteiger partial charge is 0.489 e. The predicted octanol–water partition coefficient (Wildman–Crippen LogP) is 3.55. The fourth-order valence-corrected chi connectivity index (χ4v) is 4.03. The highest BCUT2D eigenvalue weighted by atomic mass is 32.2. The summed E-state index contributed by atoms with van der Waals surface area (Å²) in [6.45, 7) is 1.37. The number of anilines is 1. The number of rotatable bonds is 6. The first-order valence-electron chi connectivity index (χ1n) is 8.28. The van der Waals surface area contributed by atoms with E-state index in [1.54, 1.807) is 36.4 Å². The second-order valence-electron chi connectivity index (χ2n) is 6.01. The Bertz CT molecular complexity index is 803. The first kappa shape index (κ1) is 17.7. The molecule has 0 saturated carbocycles. The topological polar surface area (TPSA) is 58.6 Å². The van der Waals surface area contributed by atoms with Gasteiger partial charge in [0.1, 0.15) is 18.2 Å². The lowest BCUT2D eigenvalue weighted by Gasteiger charge is -2.26. The molecule has 5 nitrogen and oxygen atoms in total. The number of hydrogen-bond acceptors (Lipinski definition) is 3. The third-order valence-corrected chi connectivity index (χ3v) is 5.59. The lowest BCUT2D eigenvalue weighted by Crippen LogP contribution is -2.39. The van der Waals surface area contributed by atoms with Gasteiger partial charge in [-0.2, -0.15) is 12.7 Å². The third kappa shape index (κ3) is 4.93. The molecule has 0 radical (unpaired) electrons. The van der Waals surface area contributed by atoms with Crippen molar-refractivity contribution in [3.63, 3.8) is 0 Å². The van der Waals surface area contributed by atoms with Crippen LogP contribution in [-0.4, -0.2) is 25.8 Å². The maximum atomic E-state index is 13.1. The van der Waals surface area contributed by atoms with E-state index in [9.17, 15) is 12.8 Å². The van der Waals surface area contributed by atoms with Gasteiger partial charge in [0.15, 0.2) is 0 Å². The summed E-state index contributed by atoms with van der Waals surface area (Å²) < 4.78 is 47.5. The number of nitrogens with one attached hydrogen (secondary N) is 1. The van der Waals surface area contributed by atoms with Gasteiger partial charge in [-0.25, -0.2) is 4.39 Å². The fraction of sp³-hybridized carbons (Fsp3) is 0.333. The molecular formula is C18H21FN2O3S. The molecule has 3 rings (SSSR count). The second-order valence-corrected chi connectivity index (χ2v) is 7.68. The highest BCUT2D eigenvalue weighted by molar-refractivity contribution is 7.90. The van der Waals surface area contributed by atoms with Gasteiger partial charge in [0.05, 0.1) is 5.69 Å². The van der Waals surface area contributed by atoms with Crippen molar-refractivity contribution in [2.75, 3.05) is 17.8 Å². The summed E-state index contributed by atoms with van der Waals surface area (Å²) in [5.41, 5.74) is 1.22. The minimum Gasteiger partial charge on any atom is -0.489 e. The summed E-state index contributed by atoms with van der Waals surface area (Å²) >= 11 is 0. The first-order valence-corrected chi connectivity index (χ1v) is 9.72. The van der Waals surface area contributed by atoms with Gasteiger partial charge in [0.2, 0.25) is 0 Å². The Morgan fingerprint density at radius 2 is 1.76 bits per heavy atom. The lowest BCUT2D eigenvalue weighted by molar-refractivity contribution is 0.305. The Morgan fingerprint density at radius 1 is 1.04 bits per heavy atom. The molecule has 0 unspecified atom stereocenters. The average Bonchev–Trinajstić information content (AvgIpc) is 2.62. The Balaban J connectivity index is 1.58. The van der Waals surface area contributed by atoms with Crippen LogP contribution in [0.5, 0.6) is 5.75 Å². The van der Waals surface area contributed by atoms with E-state index >= 15 is 0 Å². The van der Waals surface area contributed by atoms with Crippen LogP contribution >= 0.6 is 0 Å². The molecule has 0 spiro atoms. The van der Waals surface area contributed by atoms with Gasteiger partial charge < -0.3 is 4.74 Å². The molecule has 1 fully saturated rings. The van der Waals surface area contributed by atoms with Crippen molar-refractivity contribution in [2.24, 2.45) is 0 Å². The molecular weight excluding hydrogens is 343 g/mol. The quantitative estimate of drug-likeness (QED) is 0.853. The number of piperidine rings is 1. The van der Waals surface area contributed by atoms with E-state index in [0.29, 0.717) is 24.5 Å². The van der Waals surface area contributed by atoms with Crippen LogP contribution in [0.4, 0.5) is 10.1 Å². The van der Waals surface area contributed by atoms with Crippen LogP contribution in [0, 0.1) is 5.82 Å². The third-order valence-electron chi connectivity index (χ3n) is 4.05. The van der Waals surface area contributed by atoms with Crippen molar-refractivity contribution in [1.29, 1.82) is 0 Å². The normalized spacial score (nSPS) is 15.7. The van der Waals surface area contributed by atoms with Gasteiger partial charge in [0, 0.05) is 13.1 Å². The van der Waals surface area contributed by atoms with Crippen LogP contribution in [0.1, 0.15) is 24.8 Å². The van der Waals surface area contributed by atoms with Crippen molar-refractivity contribution < 1.29 is 17.5 Å². The molecule has 1 heterocycles. The van der Waals surface area contributed by atoms with Gasteiger partial charge in [0.25, 0.3) is 0 Å². The van der Waals surface area contributed by atoms with E-state index in [-0.39, 0.29) is 12.4 Å². The van der Waals surface area contributed by atoms with Gasteiger partial charge in [-0.05, 0) is 54.8 Å². The number of benzene rings is 2. The standard InChI is InChI=1S/C18H21FN2O3S/c19-16-6-4-5-15(13-16)14-24-18-9-7-17(8-10-18)20-25(22,23)21-11-2-1-3-12-21/h4-10,13,20H,1-3,11-12,14H2. The van der Waals surface area contributed by atoms with Crippen molar-refractivity contribution in [2.45, 2.75) is 25.9 Å². The molecule has 2 aromatic rings. The Kier molecular flexibility index (Phi) is 5.55. The zero-order valence-electron chi connectivity index (χ0n) is 13.8. The molecule has 0 amide bonds. The average molecular weight is 364 g/mol. The summed E-state index contributed by atoms with van der Waals surface area (Å²) in [5.74, 6) is 0.286. The summed E-state index contributed by atoms with van der Waals surface area (Å²) in [6.07, 6.45) is 2.87. The zero-order valence-corrected chi connectivity index (χ0v) is 14.6. The summed E-state index contributed by atoms with van der Waals surface area (Å²) in [4.78, 5) is 0. The zero-order chi connectivity index (χ0) is 17.7. The number of hydrogen-bond donors (Lipinski definition) is 1. The maximum Gasteiger partial charge on any atom is 0.301 e. The van der Waals surface area contributed by atoms with Crippen LogP contribution in [0.25, 0.3) is 0 Å². The molecule has 0 bridgehead atoms. The number of ether oxygens (including phenoxy) is 1. The first-order chi connectivity index (χ1) is 12.0. The molecule has 0 aromatic heterocycles. The van der Waals surface area contributed by atoms with E-state index in [1.165, 1.54) is 16.4 Å². The highest BCUT2D eigenvalue weighted by Gasteiger charge is 2.23. The molecule has 25 heavy (non-hydrogen) atoms. The number of halogens is 1. The summed E-state index contributed by atoms with van der Waals surface area (Å²) in [5, 5.41) is 0. The summed E-state index contributed by atoms with van der Waals surface area (Å²) in [6, 6.07) is 12.9. The van der Waals surface area contributed by atoms with E-state index in [0.717, 1.165) is 24.8 Å². The molecule has 1 aliphatic rings. The van der Waals surface area contributed by atoms with E-state index in [1.807, 2.05) is 0 Å². The fourth-order valence-electron chi connectivity index (χ4n) is 2.73. The summed E-state index contributed by atoms with van der Waals surface area (Å²) in [7, 11) is -3.51. The van der Waals surface area contributed by atoms with Crippen LogP contribution in [0.3, 0.4) is 0 Å². The Morgan fingerprint density at radius 3 is 2.44 bits per heavy atom. The van der Waals surface area contributed by atoms with Crippen LogP contribution in [0.15, 0.2) is 48.5 Å². The number of nitrogens with zero attached hydrogens (tertiary/aromatic N) is 1. The van der Waals surface area contributed by atoms with Crippen LogP contribution in [0.2, 0.25) is 0 Å². The Hall–Kier alpha value is -2.12. The van der Waals surface area contributed by atoms with Crippen molar-refractivity contribution >= 4 is 15.9 Å². The predicted molar refractivity (Wildman–Crippen MR) is 95.1 cm³/mol. The molecule has 1 N–H and O–H groups in total. The van der Waals surface area contributed by atoms with Crippen molar-refractivity contribution in [3.05, 3.63) is 59.9 Å². The SMILES string of the molecule is O=S(=O)(Nc1ccc(OCc2cccc(F)c2)cc1)N1CCCCC1. The highest BCUT2D eigenvalue weighted by Crippen LogP contribution is 2.20. The van der Waals surface area contributed by atoms with E-state index in [4.69, 9.17) is 4.74 Å². The maximum absolute atomic E-state index is 13.1. The van der Waals surface area contributed by atoms with E-state index in [2.05, 4.69) is 4.72 Å². The minimum atomic E-state index is -3.51. The molecule has 7 heteroatoms. The Labute approximate surface area is 147 Å². The molecule has 1 aliphatic heterocycles. The minimum absolute atomic E-state index is 0.247. The van der Waals surface area contributed by atoms with Gasteiger partial charge in [-0.3, -0.25) is 4.72 Å². The van der Waals surface area contributed by atoms with Crippen molar-refractivity contribution in [3.8, 4) is 5.75 Å². The molecule has 2 aromatic carbocycles. The van der Waals surface area contributed by atoms with Crippen molar-refractivity contribution in [1.82, 2.24) is 4.31 Å². The second kappa shape index (κ2) is 7.84. The van der Waals surface area contributed by atoms with Crippen LogP contribution < -0.4 is 9.46 Å². The van der Waals surface area contributed by atoms with Gasteiger partial charge in [-0.15, -0.1) is 0 Å². The molecule has 0 atom stereocenters. The van der Waals surface area contributed by atoms with Gasteiger partial charge >= 0.3 is 10.2 Å². The molecule has 0 aliphatic carbocycles. The monoisotopic (exact) mass is 364 g/mol. The van der Waals surface area contributed by atoms with Crippen LogP contribution in [-0.2, 0) is 16.8 Å². The van der Waals surface area contributed by atoms with Gasteiger partial charge in [-0.1, -0.05) is 18.6 Å². The molecule has 134 valence electrons. The lowest BCUT2D eigenvalue weighted by atomic mass is 10.2.